The SMILES string of the molecule is Cc1ccc([As](=O)(O)O)cc1N(C)C. The van der Waals surface area contributed by atoms with E-state index in [1.54, 1.807) is 12.1 Å². The Labute approximate surface area is 86.2 Å². The quantitative estimate of drug-likeness (QED) is 0.711. The molecule has 1 aromatic carbocycles. The zero-order chi connectivity index (χ0) is 10.9. The van der Waals surface area contributed by atoms with Crippen molar-refractivity contribution in [2.24, 2.45) is 0 Å². The van der Waals surface area contributed by atoms with E-state index in [2.05, 4.69) is 0 Å². The fourth-order valence-electron chi connectivity index (χ4n) is 1.26. The molecule has 0 amide bonds. The van der Waals surface area contributed by atoms with Gasteiger partial charge in [0.05, 0.1) is 0 Å². The Morgan fingerprint density at radius 2 is 1.86 bits per heavy atom. The Balaban J connectivity index is 3.27. The average Bonchev–Trinajstić information content (AvgIpc) is 2.02. The van der Waals surface area contributed by atoms with Crippen LogP contribution in [0, 0.1) is 6.92 Å². The molecule has 0 aromatic heterocycles. The third-order valence-electron chi connectivity index (χ3n) is 2.01. The van der Waals surface area contributed by atoms with Gasteiger partial charge in [-0.1, -0.05) is 0 Å². The van der Waals surface area contributed by atoms with Crippen LogP contribution in [0.2, 0.25) is 0 Å². The van der Waals surface area contributed by atoms with Gasteiger partial charge < -0.3 is 0 Å². The zero-order valence-corrected chi connectivity index (χ0v) is 10.3. The van der Waals surface area contributed by atoms with Gasteiger partial charge in [-0.2, -0.15) is 0 Å². The number of hydrogen-bond acceptors (Lipinski definition) is 2. The van der Waals surface area contributed by atoms with Crippen LogP contribution in [0.4, 0.5) is 5.69 Å². The Morgan fingerprint density at radius 3 is 2.29 bits per heavy atom. The van der Waals surface area contributed by atoms with Crippen molar-refractivity contribution >= 4 is 24.2 Å². The molecule has 1 rings (SSSR count). The molecule has 0 bridgehead atoms. The molecule has 0 radical (unpaired) electrons. The number of rotatable bonds is 2. The van der Waals surface area contributed by atoms with E-state index in [0.29, 0.717) is 0 Å². The molecule has 0 aliphatic rings. The first-order valence-corrected chi connectivity index (χ1v) is 7.55. The molecule has 2 N–H and O–H groups in total. The maximum atomic E-state index is 11.1. The van der Waals surface area contributed by atoms with Crippen LogP contribution in [-0.2, 0) is 3.74 Å². The first-order chi connectivity index (χ1) is 6.32. The number of aryl methyl sites for hydroxylation is 1. The van der Waals surface area contributed by atoms with Crippen molar-refractivity contribution in [2.75, 3.05) is 19.0 Å². The predicted octanol–water partition coefficient (Wildman–Crippen LogP) is -0.378. The second-order valence-corrected chi connectivity index (χ2v) is 6.78. The van der Waals surface area contributed by atoms with Crippen LogP contribution in [0.3, 0.4) is 0 Å². The summed E-state index contributed by atoms with van der Waals surface area (Å²) in [6, 6.07) is 4.77. The van der Waals surface area contributed by atoms with Crippen molar-refractivity contribution in [2.45, 2.75) is 6.92 Å². The third kappa shape index (κ3) is 2.41. The van der Waals surface area contributed by atoms with Gasteiger partial charge in [-0.05, 0) is 0 Å². The fraction of sp³-hybridized carbons (Fsp3) is 0.333. The topological polar surface area (TPSA) is 60.8 Å². The van der Waals surface area contributed by atoms with Crippen molar-refractivity contribution in [3.63, 3.8) is 0 Å². The molecule has 0 atom stereocenters. The third-order valence-corrected chi connectivity index (χ3v) is 4.01. The van der Waals surface area contributed by atoms with Gasteiger partial charge in [-0.15, -0.1) is 0 Å². The van der Waals surface area contributed by atoms with Crippen LogP contribution in [0.25, 0.3) is 0 Å². The molecule has 0 saturated carbocycles. The Bertz CT molecular complexity index is 384. The van der Waals surface area contributed by atoms with Crippen LogP contribution in [0.1, 0.15) is 5.56 Å². The van der Waals surface area contributed by atoms with E-state index in [1.165, 1.54) is 6.07 Å². The normalized spacial score (nSPS) is 11.5. The molecule has 0 aliphatic carbocycles. The van der Waals surface area contributed by atoms with Crippen molar-refractivity contribution < 1.29 is 11.9 Å². The molecule has 14 heavy (non-hydrogen) atoms. The molecule has 4 nitrogen and oxygen atoms in total. The molecule has 1 aromatic rings. The van der Waals surface area contributed by atoms with E-state index in [0.717, 1.165) is 11.3 Å². The van der Waals surface area contributed by atoms with Crippen LogP contribution in [-0.4, -0.2) is 36.5 Å². The summed E-state index contributed by atoms with van der Waals surface area (Å²) in [7, 11) is 3.69. The second kappa shape index (κ2) is 3.81. The van der Waals surface area contributed by atoms with Gasteiger partial charge in [0.15, 0.2) is 0 Å². The Morgan fingerprint density at radius 1 is 1.29 bits per heavy atom. The molecule has 78 valence electrons. The molecule has 5 heteroatoms. The van der Waals surface area contributed by atoms with Crippen molar-refractivity contribution in [3.8, 4) is 0 Å². The second-order valence-electron chi connectivity index (χ2n) is 3.41. The van der Waals surface area contributed by atoms with Crippen molar-refractivity contribution in [1.82, 2.24) is 0 Å². The summed E-state index contributed by atoms with van der Waals surface area (Å²) in [5, 5.41) is 0. The molecule has 0 spiro atoms. The monoisotopic (exact) mass is 259 g/mol. The van der Waals surface area contributed by atoms with E-state index in [-0.39, 0.29) is 4.35 Å². The van der Waals surface area contributed by atoms with E-state index in [9.17, 15) is 3.74 Å². The maximum absolute atomic E-state index is 11.1. The first kappa shape index (κ1) is 11.4. The molecule has 0 aliphatic heterocycles. The number of benzene rings is 1. The minimum absolute atomic E-state index is 0.123. The average molecular weight is 259 g/mol. The standard InChI is InChI=1S/C9H14AsNO3/c1-7-4-5-8(10(12,13)14)6-9(7)11(2)3/h4-6H,1-3H3,(H2,12,13,14). The van der Waals surface area contributed by atoms with Gasteiger partial charge in [-0.25, -0.2) is 0 Å². The molecular weight excluding hydrogens is 245 g/mol. The summed E-state index contributed by atoms with van der Waals surface area (Å²) < 4.78 is 29.3. The summed E-state index contributed by atoms with van der Waals surface area (Å²) >= 11 is -4.74. The van der Waals surface area contributed by atoms with Gasteiger partial charge >= 0.3 is 85.8 Å². The predicted molar refractivity (Wildman–Crippen MR) is 56.0 cm³/mol. The van der Waals surface area contributed by atoms with Crippen LogP contribution >= 0.6 is 0 Å². The minimum atomic E-state index is -4.74. The van der Waals surface area contributed by atoms with E-state index in [1.807, 2.05) is 25.9 Å². The zero-order valence-electron chi connectivity index (χ0n) is 8.43. The van der Waals surface area contributed by atoms with Crippen molar-refractivity contribution in [3.05, 3.63) is 23.8 Å². The summed E-state index contributed by atoms with van der Waals surface area (Å²) in [4.78, 5) is 1.84. The van der Waals surface area contributed by atoms with Gasteiger partial charge in [0, 0.05) is 0 Å². The molecule has 0 heterocycles. The van der Waals surface area contributed by atoms with Gasteiger partial charge in [0.25, 0.3) is 0 Å². The number of hydrogen-bond donors (Lipinski definition) is 2. The molecule has 0 saturated heterocycles. The summed E-state index contributed by atoms with van der Waals surface area (Å²) in [6.45, 7) is 1.91. The number of anilines is 1. The van der Waals surface area contributed by atoms with Crippen LogP contribution in [0.15, 0.2) is 18.2 Å². The molecular formula is C9H14AsNO3. The van der Waals surface area contributed by atoms with Gasteiger partial charge in [-0.3, -0.25) is 0 Å². The van der Waals surface area contributed by atoms with Crippen LogP contribution in [0.5, 0.6) is 0 Å². The first-order valence-electron chi connectivity index (χ1n) is 4.16. The van der Waals surface area contributed by atoms with E-state index >= 15 is 0 Å². The Hall–Kier alpha value is -0.702. The Kier molecular flexibility index (Phi) is 3.10. The van der Waals surface area contributed by atoms with Crippen LogP contribution < -0.4 is 9.25 Å². The summed E-state index contributed by atoms with van der Waals surface area (Å²) in [6.07, 6.45) is 0. The molecule has 0 unspecified atom stereocenters. The summed E-state index contributed by atoms with van der Waals surface area (Å²) in [5.41, 5.74) is 1.84. The van der Waals surface area contributed by atoms with E-state index < -0.39 is 14.2 Å². The van der Waals surface area contributed by atoms with Crippen molar-refractivity contribution in [1.29, 1.82) is 0 Å². The van der Waals surface area contributed by atoms with Gasteiger partial charge in [0.2, 0.25) is 0 Å². The molecule has 0 fully saturated rings. The van der Waals surface area contributed by atoms with E-state index in [4.69, 9.17) is 8.19 Å². The number of nitrogens with zero attached hydrogens (tertiary/aromatic N) is 1. The summed E-state index contributed by atoms with van der Waals surface area (Å²) in [5.74, 6) is 0. The fourth-order valence-corrected chi connectivity index (χ4v) is 2.43. The van der Waals surface area contributed by atoms with Gasteiger partial charge in [0.1, 0.15) is 0 Å².